The molecule has 100 valence electrons. The normalized spacial score (nSPS) is 16.5. The van der Waals surface area contributed by atoms with E-state index in [1.807, 2.05) is 22.9 Å². The monoisotopic (exact) mass is 321 g/mol. The van der Waals surface area contributed by atoms with Crippen LogP contribution in [0.1, 0.15) is 26.2 Å². The molecule has 2 N–H and O–H groups in total. The summed E-state index contributed by atoms with van der Waals surface area (Å²) in [5, 5.41) is 12.1. The van der Waals surface area contributed by atoms with Crippen LogP contribution < -0.4 is 5.73 Å². The highest BCUT2D eigenvalue weighted by Crippen LogP contribution is 2.50. The lowest BCUT2D eigenvalue weighted by Crippen LogP contribution is -2.13. The molecule has 1 aliphatic rings. The number of halogens is 1. The smallest absolute Gasteiger partial charge is 0.183 e. The van der Waals surface area contributed by atoms with Crippen molar-refractivity contribution in [3.05, 3.63) is 22.7 Å². The Morgan fingerprint density at radius 3 is 2.89 bits per heavy atom. The van der Waals surface area contributed by atoms with Crippen molar-refractivity contribution in [1.82, 2.24) is 20.2 Å². The highest BCUT2D eigenvalue weighted by Gasteiger charge is 2.41. The van der Waals surface area contributed by atoms with E-state index in [2.05, 4.69) is 38.4 Å². The van der Waals surface area contributed by atoms with Gasteiger partial charge in [-0.3, -0.25) is 0 Å². The number of nitrogens with two attached hydrogens (primary N) is 1. The number of aromatic nitrogens is 4. The summed E-state index contributed by atoms with van der Waals surface area (Å²) in [4.78, 5) is 0. The van der Waals surface area contributed by atoms with Crippen molar-refractivity contribution in [2.24, 2.45) is 5.41 Å². The van der Waals surface area contributed by atoms with Crippen LogP contribution in [0.2, 0.25) is 0 Å². The van der Waals surface area contributed by atoms with Crippen molar-refractivity contribution < 1.29 is 0 Å². The van der Waals surface area contributed by atoms with E-state index in [4.69, 9.17) is 5.73 Å². The minimum Gasteiger partial charge on any atom is -0.398 e. The van der Waals surface area contributed by atoms with Crippen LogP contribution in [0.4, 0.5) is 5.69 Å². The van der Waals surface area contributed by atoms with Gasteiger partial charge in [0.1, 0.15) is 0 Å². The maximum atomic E-state index is 5.92. The van der Waals surface area contributed by atoms with Crippen LogP contribution >= 0.6 is 15.9 Å². The lowest BCUT2D eigenvalue weighted by atomic mass is 10.0. The molecule has 0 unspecified atom stereocenters. The summed E-state index contributed by atoms with van der Waals surface area (Å²) in [5.74, 6) is 0.777. The number of rotatable bonds is 4. The van der Waals surface area contributed by atoms with Gasteiger partial charge in [0.15, 0.2) is 5.82 Å². The van der Waals surface area contributed by atoms with Gasteiger partial charge in [-0.15, -0.1) is 5.10 Å². The molecule has 1 heterocycles. The molecule has 1 saturated carbocycles. The van der Waals surface area contributed by atoms with E-state index in [1.165, 1.54) is 19.3 Å². The van der Waals surface area contributed by atoms with Crippen LogP contribution in [0.3, 0.4) is 0 Å². The van der Waals surface area contributed by atoms with Crippen LogP contribution in [0, 0.1) is 5.41 Å². The Balaban J connectivity index is 1.98. The van der Waals surface area contributed by atoms with E-state index in [0.717, 1.165) is 22.4 Å². The summed E-state index contributed by atoms with van der Waals surface area (Å²) in [5.41, 5.74) is 7.96. The number of hydrogen-bond donors (Lipinski definition) is 1. The Morgan fingerprint density at radius 1 is 1.42 bits per heavy atom. The predicted octanol–water partition coefficient (Wildman–Crippen LogP) is 2.88. The zero-order valence-electron chi connectivity index (χ0n) is 10.8. The van der Waals surface area contributed by atoms with Gasteiger partial charge in [-0.2, -0.15) is 0 Å². The fourth-order valence-corrected chi connectivity index (χ4v) is 2.79. The first-order chi connectivity index (χ1) is 9.15. The van der Waals surface area contributed by atoms with Gasteiger partial charge in [-0.25, -0.2) is 4.68 Å². The van der Waals surface area contributed by atoms with Gasteiger partial charge in [0.25, 0.3) is 0 Å². The zero-order valence-corrected chi connectivity index (χ0v) is 12.4. The van der Waals surface area contributed by atoms with Crippen LogP contribution in [0.25, 0.3) is 11.4 Å². The Labute approximate surface area is 120 Å². The Bertz CT molecular complexity index is 603. The third kappa shape index (κ3) is 2.25. The summed E-state index contributed by atoms with van der Waals surface area (Å²) < 4.78 is 2.75. The van der Waals surface area contributed by atoms with E-state index in [1.54, 1.807) is 0 Å². The summed E-state index contributed by atoms with van der Waals surface area (Å²) in [7, 11) is 0. The van der Waals surface area contributed by atoms with Gasteiger partial charge in [0.05, 0.1) is 11.0 Å². The number of tetrazole rings is 1. The molecule has 0 atom stereocenters. The molecule has 2 aromatic rings. The number of benzene rings is 1. The average molecular weight is 322 g/mol. The third-order valence-corrected chi connectivity index (χ3v) is 4.88. The number of hydrogen-bond acceptors (Lipinski definition) is 4. The summed E-state index contributed by atoms with van der Waals surface area (Å²) in [6, 6.07) is 5.76. The van der Waals surface area contributed by atoms with Crippen molar-refractivity contribution >= 4 is 21.6 Å². The quantitative estimate of drug-likeness (QED) is 0.879. The Hall–Kier alpha value is -1.43. The van der Waals surface area contributed by atoms with Gasteiger partial charge in [-0.1, -0.05) is 13.0 Å². The summed E-state index contributed by atoms with van der Waals surface area (Å²) in [6.45, 7) is 3.11. The van der Waals surface area contributed by atoms with Crippen molar-refractivity contribution in [2.45, 2.75) is 32.7 Å². The Morgan fingerprint density at radius 2 is 2.21 bits per heavy atom. The summed E-state index contributed by atoms with van der Waals surface area (Å²) >= 11 is 3.51. The first-order valence-corrected chi connectivity index (χ1v) is 7.25. The molecule has 0 amide bonds. The molecule has 0 bridgehead atoms. The van der Waals surface area contributed by atoms with Gasteiger partial charge >= 0.3 is 0 Å². The lowest BCUT2D eigenvalue weighted by Gasteiger charge is -2.13. The molecule has 1 fully saturated rings. The minimum atomic E-state index is 0.400. The van der Waals surface area contributed by atoms with Gasteiger partial charge in [-0.05, 0) is 63.2 Å². The highest BCUT2D eigenvalue weighted by molar-refractivity contribution is 9.10. The summed E-state index contributed by atoms with van der Waals surface area (Å²) in [6.07, 6.45) is 3.70. The zero-order chi connectivity index (χ0) is 13.5. The fourth-order valence-electron chi connectivity index (χ4n) is 2.34. The largest absolute Gasteiger partial charge is 0.398 e. The highest BCUT2D eigenvalue weighted by atomic mass is 79.9. The molecule has 1 aliphatic carbocycles. The van der Waals surface area contributed by atoms with E-state index in [9.17, 15) is 0 Å². The number of nitrogens with zero attached hydrogens (tertiary/aromatic N) is 4. The second-order valence-electron chi connectivity index (χ2n) is 5.22. The van der Waals surface area contributed by atoms with Crippen LogP contribution in [0.5, 0.6) is 0 Å². The third-order valence-electron chi connectivity index (χ3n) is 3.99. The van der Waals surface area contributed by atoms with E-state index >= 15 is 0 Å². The van der Waals surface area contributed by atoms with Crippen molar-refractivity contribution in [2.75, 3.05) is 5.73 Å². The minimum absolute atomic E-state index is 0.400. The topological polar surface area (TPSA) is 69.6 Å². The van der Waals surface area contributed by atoms with Gasteiger partial charge in [0, 0.05) is 11.3 Å². The van der Waals surface area contributed by atoms with E-state index < -0.39 is 0 Å². The average Bonchev–Trinajstić information content (AvgIpc) is 3.04. The van der Waals surface area contributed by atoms with Gasteiger partial charge < -0.3 is 5.73 Å². The maximum Gasteiger partial charge on any atom is 0.183 e. The van der Waals surface area contributed by atoms with Crippen LogP contribution in [-0.4, -0.2) is 20.2 Å². The Kier molecular flexibility index (Phi) is 3.05. The predicted molar refractivity (Wildman–Crippen MR) is 77.3 cm³/mol. The number of anilines is 1. The van der Waals surface area contributed by atoms with Crippen molar-refractivity contribution in [3.63, 3.8) is 0 Å². The maximum absolute atomic E-state index is 5.92. The molecule has 0 saturated heterocycles. The lowest BCUT2D eigenvalue weighted by molar-refractivity contribution is 0.382. The molecule has 6 heteroatoms. The fraction of sp³-hybridized carbons (Fsp3) is 0.462. The second-order valence-corrected chi connectivity index (χ2v) is 6.02. The molecular formula is C13H16BrN5. The SMILES string of the molecule is CCC1(Cn2nnnc2-c2cccc(N)c2Br)CC1. The standard InChI is InChI=1S/C13H16BrN5/c1-2-13(6-7-13)8-19-12(16-17-18-19)9-4-3-5-10(15)11(9)14/h3-5H,2,6-8,15H2,1H3. The molecule has 1 aromatic heterocycles. The van der Waals surface area contributed by atoms with Gasteiger partial charge in [0.2, 0.25) is 0 Å². The first-order valence-electron chi connectivity index (χ1n) is 6.46. The van der Waals surface area contributed by atoms with Crippen molar-refractivity contribution in [3.8, 4) is 11.4 Å². The molecule has 5 nitrogen and oxygen atoms in total. The molecule has 0 aliphatic heterocycles. The molecule has 3 rings (SSSR count). The molecule has 0 spiro atoms. The molecule has 1 aromatic carbocycles. The van der Waals surface area contributed by atoms with E-state index in [-0.39, 0.29) is 0 Å². The van der Waals surface area contributed by atoms with Crippen LogP contribution in [-0.2, 0) is 6.54 Å². The van der Waals surface area contributed by atoms with Crippen molar-refractivity contribution in [1.29, 1.82) is 0 Å². The van der Waals surface area contributed by atoms with E-state index in [0.29, 0.717) is 11.1 Å². The molecule has 0 radical (unpaired) electrons. The molecular weight excluding hydrogens is 306 g/mol. The first kappa shape index (κ1) is 12.6. The molecule has 19 heavy (non-hydrogen) atoms. The number of nitrogen functional groups attached to an aromatic ring is 1. The van der Waals surface area contributed by atoms with Crippen LogP contribution in [0.15, 0.2) is 22.7 Å². The second kappa shape index (κ2) is 4.59.